The molecule has 210 valence electrons. The summed E-state index contributed by atoms with van der Waals surface area (Å²) >= 11 is 6.13. The van der Waals surface area contributed by atoms with E-state index in [4.69, 9.17) is 11.6 Å². The van der Waals surface area contributed by atoms with Crippen LogP contribution in [0.1, 0.15) is 48.8 Å². The SMILES string of the molecule is CC(C)(CO)CC(=O)N1CC(Nc2ncc3c(n2)[C@@](C)(c2cccc(Cl)c2F)CN(c2ncccc2F)C3=O)C1. The molecule has 1 saturated heterocycles. The van der Waals surface area contributed by atoms with Gasteiger partial charge in [-0.15, -0.1) is 0 Å². The summed E-state index contributed by atoms with van der Waals surface area (Å²) in [5, 5.41) is 12.5. The van der Waals surface area contributed by atoms with E-state index in [-0.39, 0.29) is 65.1 Å². The summed E-state index contributed by atoms with van der Waals surface area (Å²) in [6.45, 7) is 5.97. The number of hydrogen-bond donors (Lipinski definition) is 2. The van der Waals surface area contributed by atoms with E-state index in [0.717, 1.165) is 4.90 Å². The third kappa shape index (κ3) is 4.99. The largest absolute Gasteiger partial charge is 0.396 e. The number of pyridine rings is 1. The Labute approximate surface area is 235 Å². The summed E-state index contributed by atoms with van der Waals surface area (Å²) in [5.74, 6) is -1.95. The topological polar surface area (TPSA) is 112 Å². The summed E-state index contributed by atoms with van der Waals surface area (Å²) in [4.78, 5) is 41.9. The lowest BCUT2D eigenvalue weighted by Gasteiger charge is -2.42. The smallest absolute Gasteiger partial charge is 0.263 e. The maximum atomic E-state index is 15.4. The number of carbonyl (C=O) groups excluding carboxylic acids is 2. The van der Waals surface area contributed by atoms with Gasteiger partial charge in [-0.2, -0.15) is 0 Å². The summed E-state index contributed by atoms with van der Waals surface area (Å²) < 4.78 is 30.2. The van der Waals surface area contributed by atoms with Gasteiger partial charge in [0.1, 0.15) is 5.82 Å². The van der Waals surface area contributed by atoms with E-state index in [2.05, 4.69) is 20.3 Å². The molecule has 9 nitrogen and oxygen atoms in total. The fourth-order valence-electron chi connectivity index (χ4n) is 5.06. The number of benzene rings is 1. The molecule has 0 saturated carbocycles. The van der Waals surface area contributed by atoms with Crippen LogP contribution < -0.4 is 10.2 Å². The Morgan fingerprint density at radius 3 is 2.67 bits per heavy atom. The molecule has 3 aromatic rings. The van der Waals surface area contributed by atoms with E-state index < -0.39 is 28.4 Å². The second kappa shape index (κ2) is 10.4. The number of anilines is 2. The Kier molecular flexibility index (Phi) is 7.22. The van der Waals surface area contributed by atoms with Crippen LogP contribution in [0.5, 0.6) is 0 Å². The predicted molar refractivity (Wildman–Crippen MR) is 145 cm³/mol. The molecule has 1 fully saturated rings. The van der Waals surface area contributed by atoms with Gasteiger partial charge in [-0.3, -0.25) is 14.5 Å². The minimum atomic E-state index is -1.24. The number of nitrogens with one attached hydrogen (secondary N) is 1. The Morgan fingerprint density at radius 1 is 1.23 bits per heavy atom. The van der Waals surface area contributed by atoms with E-state index in [9.17, 15) is 19.1 Å². The van der Waals surface area contributed by atoms with Crippen molar-refractivity contribution in [2.75, 3.05) is 36.5 Å². The van der Waals surface area contributed by atoms with E-state index >= 15 is 4.39 Å². The molecule has 40 heavy (non-hydrogen) atoms. The molecular weight excluding hydrogens is 542 g/mol. The number of carbonyl (C=O) groups is 2. The van der Waals surface area contributed by atoms with Gasteiger partial charge in [-0.25, -0.2) is 23.7 Å². The minimum Gasteiger partial charge on any atom is -0.396 e. The molecule has 1 aromatic carbocycles. The Morgan fingerprint density at radius 2 is 1.98 bits per heavy atom. The number of aromatic nitrogens is 3. The second-order valence-electron chi connectivity index (χ2n) is 11.2. The Hall–Kier alpha value is -3.70. The third-order valence-corrected chi connectivity index (χ3v) is 7.72. The van der Waals surface area contributed by atoms with Crippen LogP contribution in [0.15, 0.2) is 42.7 Å². The molecule has 0 radical (unpaired) electrons. The summed E-state index contributed by atoms with van der Waals surface area (Å²) in [6.07, 6.45) is 2.94. The molecule has 1 atom stereocenters. The monoisotopic (exact) mass is 570 g/mol. The maximum absolute atomic E-state index is 15.4. The standard InChI is InChI=1S/C28H29ClF2N6O3/c1-27(2,15-38)10-21(39)36-12-16(13-36)34-26-33-11-17-23(35-26)28(3,18-6-4-7-19(29)22(18)31)14-37(25(17)40)24-20(30)8-5-9-32-24/h4-9,11,16,38H,10,12-15H2,1-3H3,(H,33,34,35)/t28-/m1/s1. The van der Waals surface area contributed by atoms with Gasteiger partial charge < -0.3 is 15.3 Å². The fraction of sp³-hybridized carbons (Fsp3) is 0.393. The van der Waals surface area contributed by atoms with E-state index in [1.807, 2.05) is 13.8 Å². The zero-order chi connectivity index (χ0) is 28.8. The number of aliphatic hydroxyl groups excluding tert-OH is 1. The third-order valence-electron chi connectivity index (χ3n) is 7.43. The molecule has 2 aliphatic rings. The van der Waals surface area contributed by atoms with Crippen molar-refractivity contribution in [3.05, 3.63) is 76.2 Å². The van der Waals surface area contributed by atoms with Gasteiger partial charge in [0.25, 0.3) is 5.91 Å². The summed E-state index contributed by atoms with van der Waals surface area (Å²) in [7, 11) is 0. The lowest BCUT2D eigenvalue weighted by molar-refractivity contribution is -0.137. The number of likely N-dealkylation sites (tertiary alicyclic amines) is 1. The first-order valence-corrected chi connectivity index (χ1v) is 13.2. The number of amides is 2. The van der Waals surface area contributed by atoms with Crippen LogP contribution in [0.4, 0.5) is 20.5 Å². The second-order valence-corrected chi connectivity index (χ2v) is 11.6. The summed E-state index contributed by atoms with van der Waals surface area (Å²) in [6, 6.07) is 7.07. The zero-order valence-electron chi connectivity index (χ0n) is 22.3. The fourth-order valence-corrected chi connectivity index (χ4v) is 5.23. The molecule has 0 spiro atoms. The van der Waals surface area contributed by atoms with Gasteiger partial charge in [0.15, 0.2) is 11.6 Å². The van der Waals surface area contributed by atoms with Gasteiger partial charge in [-0.05, 0) is 30.5 Å². The highest BCUT2D eigenvalue weighted by molar-refractivity contribution is 6.30. The normalized spacial score (nSPS) is 19.3. The highest BCUT2D eigenvalue weighted by Gasteiger charge is 2.46. The van der Waals surface area contributed by atoms with Crippen molar-refractivity contribution >= 4 is 35.2 Å². The van der Waals surface area contributed by atoms with Crippen LogP contribution in [0, 0.1) is 17.0 Å². The van der Waals surface area contributed by atoms with Gasteiger partial charge in [0.05, 0.1) is 27.7 Å². The van der Waals surface area contributed by atoms with Crippen molar-refractivity contribution in [3.63, 3.8) is 0 Å². The molecule has 4 heterocycles. The molecule has 2 N–H and O–H groups in total. The van der Waals surface area contributed by atoms with Crippen molar-refractivity contribution in [1.29, 1.82) is 0 Å². The number of halogens is 3. The van der Waals surface area contributed by atoms with Crippen LogP contribution in [0.2, 0.25) is 5.02 Å². The molecule has 12 heteroatoms. The van der Waals surface area contributed by atoms with Crippen LogP contribution in [-0.4, -0.2) is 69.1 Å². The maximum Gasteiger partial charge on any atom is 0.263 e. The van der Waals surface area contributed by atoms with Crippen LogP contribution in [0.3, 0.4) is 0 Å². The highest BCUT2D eigenvalue weighted by Crippen LogP contribution is 2.42. The predicted octanol–water partition coefficient (Wildman–Crippen LogP) is 3.80. The first-order chi connectivity index (χ1) is 18.9. The molecule has 5 rings (SSSR count). The highest BCUT2D eigenvalue weighted by atomic mass is 35.5. The molecule has 0 bridgehead atoms. The Bertz CT molecular complexity index is 1480. The number of rotatable bonds is 7. The van der Waals surface area contributed by atoms with Crippen molar-refractivity contribution in [3.8, 4) is 0 Å². The quantitative estimate of drug-likeness (QED) is 0.444. The lowest BCUT2D eigenvalue weighted by Crippen LogP contribution is -2.58. The number of hydrogen-bond acceptors (Lipinski definition) is 7. The molecule has 0 unspecified atom stereocenters. The van der Waals surface area contributed by atoms with Crippen molar-refractivity contribution in [2.45, 2.75) is 38.6 Å². The first kappa shape index (κ1) is 27.9. The number of fused-ring (bicyclic) bond motifs is 1. The van der Waals surface area contributed by atoms with Crippen molar-refractivity contribution < 1.29 is 23.5 Å². The van der Waals surface area contributed by atoms with Gasteiger partial charge >= 0.3 is 0 Å². The van der Waals surface area contributed by atoms with Gasteiger partial charge in [-0.1, -0.05) is 37.6 Å². The van der Waals surface area contributed by atoms with Gasteiger partial charge in [0, 0.05) is 50.6 Å². The average molecular weight is 571 g/mol. The van der Waals surface area contributed by atoms with Crippen LogP contribution >= 0.6 is 11.6 Å². The molecule has 2 aliphatic heterocycles. The van der Waals surface area contributed by atoms with Gasteiger partial charge in [0.2, 0.25) is 11.9 Å². The van der Waals surface area contributed by atoms with E-state index in [1.54, 1.807) is 24.0 Å². The minimum absolute atomic E-state index is 0.0556. The molecule has 2 amide bonds. The molecular formula is C28H29ClF2N6O3. The van der Waals surface area contributed by atoms with Crippen LogP contribution in [-0.2, 0) is 10.2 Å². The first-order valence-electron chi connectivity index (χ1n) is 12.8. The lowest BCUT2D eigenvalue weighted by atomic mass is 9.74. The number of nitrogens with zero attached hydrogens (tertiary/aromatic N) is 5. The molecule has 0 aliphatic carbocycles. The van der Waals surface area contributed by atoms with Crippen molar-refractivity contribution in [1.82, 2.24) is 19.9 Å². The van der Waals surface area contributed by atoms with Crippen LogP contribution in [0.25, 0.3) is 0 Å². The zero-order valence-corrected chi connectivity index (χ0v) is 23.0. The average Bonchev–Trinajstić information content (AvgIpc) is 2.89. The molecule has 2 aromatic heterocycles. The Balaban J connectivity index is 1.46. The number of aliphatic hydroxyl groups is 1. The van der Waals surface area contributed by atoms with E-state index in [1.165, 1.54) is 30.6 Å². The summed E-state index contributed by atoms with van der Waals surface area (Å²) in [5.41, 5.74) is -1.21. The van der Waals surface area contributed by atoms with Crippen molar-refractivity contribution in [2.24, 2.45) is 5.41 Å². The van der Waals surface area contributed by atoms with E-state index in [0.29, 0.717) is 13.1 Å².